The molecule has 39 heavy (non-hydrogen) atoms. The van der Waals surface area contributed by atoms with Gasteiger partial charge in [-0.1, -0.05) is 98.4 Å². The van der Waals surface area contributed by atoms with Gasteiger partial charge in [0.1, 0.15) is 0 Å². The maximum absolute atomic E-state index is 2.38. The van der Waals surface area contributed by atoms with Gasteiger partial charge in [0.05, 0.1) is 22.1 Å². The fourth-order valence-corrected chi connectivity index (χ4v) is 6.11. The Labute approximate surface area is 228 Å². The standard InChI is InChI=1S/C36H24N2.CH4/c1-3-12-26(13-4-1)37-32-19-9-7-16-29(32)31-24-25(22-23-34(31)37)28-18-11-21-35-36(28)30-17-8-10-20-33(30)38(35)27-14-5-2-6-15-27;/h1-24H;1H4. The summed E-state index contributed by atoms with van der Waals surface area (Å²) in [4.78, 5) is 0. The molecule has 0 saturated carbocycles. The second-order valence-corrected chi connectivity index (χ2v) is 9.81. The van der Waals surface area contributed by atoms with Crippen LogP contribution in [0, 0.1) is 0 Å². The number of hydrogen-bond donors (Lipinski definition) is 0. The molecule has 2 heterocycles. The summed E-state index contributed by atoms with van der Waals surface area (Å²) in [5, 5.41) is 5.10. The van der Waals surface area contributed by atoms with E-state index in [1.165, 1.54) is 66.1 Å². The Hall–Kier alpha value is -5.08. The van der Waals surface area contributed by atoms with E-state index in [9.17, 15) is 0 Å². The first-order valence-electron chi connectivity index (χ1n) is 13.0. The van der Waals surface area contributed by atoms with E-state index in [4.69, 9.17) is 0 Å². The quantitative estimate of drug-likeness (QED) is 0.228. The second-order valence-electron chi connectivity index (χ2n) is 9.81. The fraction of sp³-hybridized carbons (Fsp3) is 0.0270. The van der Waals surface area contributed by atoms with Gasteiger partial charge in [-0.05, 0) is 65.7 Å². The summed E-state index contributed by atoms with van der Waals surface area (Å²) in [6.45, 7) is 0. The zero-order valence-corrected chi connectivity index (χ0v) is 20.8. The summed E-state index contributed by atoms with van der Waals surface area (Å²) >= 11 is 0. The minimum absolute atomic E-state index is 0. The van der Waals surface area contributed by atoms with Crippen molar-refractivity contribution in [3.05, 3.63) is 146 Å². The van der Waals surface area contributed by atoms with Crippen LogP contribution >= 0.6 is 0 Å². The Kier molecular flexibility index (Phi) is 5.35. The Balaban J connectivity index is 0.00000253. The zero-order chi connectivity index (χ0) is 25.1. The summed E-state index contributed by atoms with van der Waals surface area (Å²) in [6.07, 6.45) is 0. The largest absolute Gasteiger partial charge is 0.309 e. The molecule has 0 amide bonds. The molecular weight excluding hydrogens is 472 g/mol. The number of fused-ring (bicyclic) bond motifs is 6. The van der Waals surface area contributed by atoms with E-state index in [2.05, 4.69) is 155 Å². The van der Waals surface area contributed by atoms with E-state index in [1.807, 2.05) is 0 Å². The SMILES string of the molecule is C.c1ccc(-n2c3ccccc3c3cc(-c4cccc5c4c4ccccc4n5-c4ccccc4)ccc32)cc1. The highest BCUT2D eigenvalue weighted by atomic mass is 15.0. The lowest BCUT2D eigenvalue weighted by Crippen LogP contribution is -1.93. The first-order valence-corrected chi connectivity index (χ1v) is 13.0. The van der Waals surface area contributed by atoms with Crippen LogP contribution in [0.2, 0.25) is 0 Å². The average molecular weight is 501 g/mol. The summed E-state index contributed by atoms with van der Waals surface area (Å²) < 4.78 is 4.75. The maximum Gasteiger partial charge on any atom is 0.0547 e. The van der Waals surface area contributed by atoms with Crippen molar-refractivity contribution in [3.8, 4) is 22.5 Å². The molecule has 2 heteroatoms. The Morgan fingerprint density at radius 1 is 0.359 bits per heavy atom. The van der Waals surface area contributed by atoms with E-state index >= 15 is 0 Å². The molecule has 0 atom stereocenters. The third kappa shape index (κ3) is 3.42. The second kappa shape index (κ2) is 9.04. The van der Waals surface area contributed by atoms with E-state index < -0.39 is 0 Å². The molecule has 0 saturated heterocycles. The summed E-state index contributed by atoms with van der Waals surface area (Å²) in [6, 6.07) is 52.4. The van der Waals surface area contributed by atoms with Crippen molar-refractivity contribution in [2.45, 2.75) is 7.43 Å². The Morgan fingerprint density at radius 3 is 1.56 bits per heavy atom. The van der Waals surface area contributed by atoms with Crippen LogP contribution in [0.5, 0.6) is 0 Å². The molecule has 2 nitrogen and oxygen atoms in total. The van der Waals surface area contributed by atoms with Gasteiger partial charge in [-0.25, -0.2) is 0 Å². The zero-order valence-electron chi connectivity index (χ0n) is 20.8. The Morgan fingerprint density at radius 2 is 0.872 bits per heavy atom. The van der Waals surface area contributed by atoms with Gasteiger partial charge in [0.25, 0.3) is 0 Å². The van der Waals surface area contributed by atoms with Gasteiger partial charge < -0.3 is 9.13 Å². The van der Waals surface area contributed by atoms with Crippen LogP contribution in [-0.4, -0.2) is 9.13 Å². The molecule has 0 aliphatic rings. The lowest BCUT2D eigenvalue weighted by atomic mass is 9.98. The third-order valence-corrected chi connectivity index (χ3v) is 7.71. The minimum Gasteiger partial charge on any atom is -0.309 e. The van der Waals surface area contributed by atoms with Crippen molar-refractivity contribution < 1.29 is 0 Å². The van der Waals surface area contributed by atoms with E-state index in [0.29, 0.717) is 0 Å². The molecule has 186 valence electrons. The number of aromatic nitrogens is 2. The molecule has 2 aromatic heterocycles. The summed E-state index contributed by atoms with van der Waals surface area (Å²) in [7, 11) is 0. The molecule has 0 bridgehead atoms. The van der Waals surface area contributed by atoms with E-state index in [-0.39, 0.29) is 7.43 Å². The topological polar surface area (TPSA) is 9.86 Å². The number of nitrogens with zero attached hydrogens (tertiary/aromatic N) is 2. The van der Waals surface area contributed by atoms with Gasteiger partial charge >= 0.3 is 0 Å². The minimum atomic E-state index is 0. The fourth-order valence-electron chi connectivity index (χ4n) is 6.11. The molecule has 8 aromatic rings. The summed E-state index contributed by atoms with van der Waals surface area (Å²) in [5.74, 6) is 0. The van der Waals surface area contributed by atoms with Crippen LogP contribution in [0.15, 0.2) is 146 Å². The highest BCUT2D eigenvalue weighted by molar-refractivity contribution is 6.17. The molecule has 6 aromatic carbocycles. The van der Waals surface area contributed by atoms with Gasteiger partial charge in [0.15, 0.2) is 0 Å². The van der Waals surface area contributed by atoms with Gasteiger partial charge in [-0.15, -0.1) is 0 Å². The van der Waals surface area contributed by atoms with Crippen LogP contribution in [0.1, 0.15) is 7.43 Å². The number of hydrogen-bond acceptors (Lipinski definition) is 0. The van der Waals surface area contributed by atoms with Gasteiger partial charge in [-0.2, -0.15) is 0 Å². The van der Waals surface area contributed by atoms with Crippen molar-refractivity contribution in [1.29, 1.82) is 0 Å². The molecule has 0 aliphatic heterocycles. The van der Waals surface area contributed by atoms with Crippen LogP contribution in [0.25, 0.3) is 66.1 Å². The van der Waals surface area contributed by atoms with Crippen molar-refractivity contribution in [1.82, 2.24) is 9.13 Å². The van der Waals surface area contributed by atoms with Crippen molar-refractivity contribution >= 4 is 43.6 Å². The number of benzene rings is 6. The highest BCUT2D eigenvalue weighted by Crippen LogP contribution is 2.40. The lowest BCUT2D eigenvalue weighted by Gasteiger charge is -2.10. The first-order chi connectivity index (χ1) is 18.9. The van der Waals surface area contributed by atoms with Gasteiger partial charge in [0.2, 0.25) is 0 Å². The number of para-hydroxylation sites is 4. The van der Waals surface area contributed by atoms with Gasteiger partial charge in [0, 0.05) is 32.9 Å². The molecule has 0 unspecified atom stereocenters. The molecule has 8 rings (SSSR count). The van der Waals surface area contributed by atoms with Crippen molar-refractivity contribution in [2.75, 3.05) is 0 Å². The smallest absolute Gasteiger partial charge is 0.0547 e. The predicted octanol–water partition coefficient (Wildman–Crippen LogP) is 10.2. The molecule has 0 spiro atoms. The molecular formula is C37H28N2. The van der Waals surface area contributed by atoms with Crippen molar-refractivity contribution in [2.24, 2.45) is 0 Å². The van der Waals surface area contributed by atoms with Crippen molar-refractivity contribution in [3.63, 3.8) is 0 Å². The average Bonchev–Trinajstić information content (AvgIpc) is 3.51. The van der Waals surface area contributed by atoms with Gasteiger partial charge in [-0.3, -0.25) is 0 Å². The highest BCUT2D eigenvalue weighted by Gasteiger charge is 2.17. The lowest BCUT2D eigenvalue weighted by molar-refractivity contribution is 1.18. The summed E-state index contributed by atoms with van der Waals surface area (Å²) in [5.41, 5.74) is 9.74. The Bertz CT molecular complexity index is 2110. The molecule has 0 fully saturated rings. The van der Waals surface area contributed by atoms with Crippen LogP contribution in [0.4, 0.5) is 0 Å². The van der Waals surface area contributed by atoms with E-state index in [0.717, 1.165) is 0 Å². The normalized spacial score (nSPS) is 11.4. The molecule has 0 N–H and O–H groups in total. The number of rotatable bonds is 3. The maximum atomic E-state index is 2.38. The van der Waals surface area contributed by atoms with Crippen LogP contribution < -0.4 is 0 Å². The monoisotopic (exact) mass is 500 g/mol. The molecule has 0 aliphatic carbocycles. The first kappa shape index (κ1) is 23.1. The van der Waals surface area contributed by atoms with Crippen LogP contribution in [-0.2, 0) is 0 Å². The predicted molar refractivity (Wildman–Crippen MR) is 167 cm³/mol. The van der Waals surface area contributed by atoms with Crippen LogP contribution in [0.3, 0.4) is 0 Å². The third-order valence-electron chi connectivity index (χ3n) is 7.71. The molecule has 0 radical (unpaired) electrons. The van der Waals surface area contributed by atoms with E-state index in [1.54, 1.807) is 0 Å².